The van der Waals surface area contributed by atoms with Crippen molar-refractivity contribution < 1.29 is 4.79 Å². The Balaban J connectivity index is 1.24. The maximum atomic E-state index is 12.3. The molecular formula is C20H26ClN3O. The number of halogens is 1. The minimum absolute atomic E-state index is 0.115. The molecule has 0 aromatic heterocycles. The highest BCUT2D eigenvalue weighted by molar-refractivity contribution is 6.30. The molecule has 5 heteroatoms. The predicted molar refractivity (Wildman–Crippen MR) is 102 cm³/mol. The van der Waals surface area contributed by atoms with Crippen molar-refractivity contribution in [1.29, 1.82) is 0 Å². The number of nitrogens with one attached hydrogen (secondary N) is 1. The normalized spacial score (nSPS) is 25.7. The van der Waals surface area contributed by atoms with Gasteiger partial charge in [-0.05, 0) is 43.9 Å². The topological polar surface area (TPSA) is 35.6 Å². The summed E-state index contributed by atoms with van der Waals surface area (Å²) in [5.41, 5.74) is 1.10. The van der Waals surface area contributed by atoms with Gasteiger partial charge in [-0.15, -0.1) is 0 Å². The van der Waals surface area contributed by atoms with Gasteiger partial charge in [-0.1, -0.05) is 29.8 Å². The van der Waals surface area contributed by atoms with E-state index in [1.54, 1.807) is 0 Å². The van der Waals surface area contributed by atoms with Crippen molar-refractivity contribution in [2.24, 2.45) is 5.41 Å². The van der Waals surface area contributed by atoms with Gasteiger partial charge in [0, 0.05) is 49.5 Å². The van der Waals surface area contributed by atoms with Crippen LogP contribution in [0.25, 0.3) is 0 Å². The zero-order valence-corrected chi connectivity index (χ0v) is 15.3. The summed E-state index contributed by atoms with van der Waals surface area (Å²) in [6, 6.07) is 8.45. The van der Waals surface area contributed by atoms with Gasteiger partial charge in [0.25, 0.3) is 0 Å². The van der Waals surface area contributed by atoms with Crippen molar-refractivity contribution in [3.8, 4) is 0 Å². The lowest BCUT2D eigenvalue weighted by Crippen LogP contribution is -2.47. The second kappa shape index (κ2) is 7.00. The summed E-state index contributed by atoms with van der Waals surface area (Å²) in [4.78, 5) is 17.2. The van der Waals surface area contributed by atoms with Crippen LogP contribution in [0.4, 0.5) is 5.69 Å². The average Bonchev–Trinajstić information content (AvgIpc) is 3.21. The van der Waals surface area contributed by atoms with E-state index < -0.39 is 0 Å². The van der Waals surface area contributed by atoms with Crippen molar-refractivity contribution >= 4 is 23.2 Å². The van der Waals surface area contributed by atoms with Crippen LogP contribution in [0.5, 0.6) is 0 Å². The van der Waals surface area contributed by atoms with Crippen LogP contribution in [-0.2, 0) is 4.79 Å². The Hall–Kier alpha value is -1.52. The highest BCUT2D eigenvalue weighted by atomic mass is 35.5. The highest BCUT2D eigenvalue weighted by Gasteiger charge is 2.46. The maximum Gasteiger partial charge on any atom is 0.227 e. The number of carbonyl (C=O) groups excluding carboxylic acids is 1. The molecule has 1 amide bonds. The number of hydrogen-bond acceptors (Lipinski definition) is 3. The molecule has 0 unspecified atom stereocenters. The van der Waals surface area contributed by atoms with Gasteiger partial charge in [0.2, 0.25) is 5.91 Å². The van der Waals surface area contributed by atoms with Gasteiger partial charge in [-0.25, -0.2) is 0 Å². The lowest BCUT2D eigenvalue weighted by molar-refractivity contribution is -0.127. The fraction of sp³-hybridized carbons (Fsp3) is 0.550. The molecule has 25 heavy (non-hydrogen) atoms. The number of rotatable bonds is 4. The fourth-order valence-electron chi connectivity index (χ4n) is 4.42. The maximum absolute atomic E-state index is 12.3. The second-order valence-electron chi connectivity index (χ2n) is 7.63. The van der Waals surface area contributed by atoms with Crippen molar-refractivity contribution in [2.75, 3.05) is 37.6 Å². The SMILES string of the molecule is O=C1N[C@H](CCN2CCN(c3cccc(Cl)c3)CC2)CC12CC=CC2. The van der Waals surface area contributed by atoms with Crippen LogP contribution >= 0.6 is 11.6 Å². The first-order valence-corrected chi connectivity index (χ1v) is 9.71. The van der Waals surface area contributed by atoms with Gasteiger partial charge in [-0.3, -0.25) is 9.69 Å². The third-order valence-corrected chi connectivity index (χ3v) is 6.21. The Bertz CT molecular complexity index is 659. The fourth-order valence-corrected chi connectivity index (χ4v) is 4.61. The first-order valence-electron chi connectivity index (χ1n) is 9.33. The summed E-state index contributed by atoms with van der Waals surface area (Å²) in [5.74, 6) is 0.272. The Morgan fingerprint density at radius 2 is 1.92 bits per heavy atom. The van der Waals surface area contributed by atoms with Gasteiger partial charge < -0.3 is 10.2 Å². The Kier molecular flexibility index (Phi) is 4.74. The summed E-state index contributed by atoms with van der Waals surface area (Å²) in [5, 5.41) is 4.03. The van der Waals surface area contributed by atoms with Crippen LogP contribution in [0.1, 0.15) is 25.7 Å². The third kappa shape index (κ3) is 3.56. The van der Waals surface area contributed by atoms with Gasteiger partial charge in [0.15, 0.2) is 0 Å². The highest BCUT2D eigenvalue weighted by Crippen LogP contribution is 2.42. The number of carbonyl (C=O) groups is 1. The van der Waals surface area contributed by atoms with Gasteiger partial charge in [0.1, 0.15) is 0 Å². The van der Waals surface area contributed by atoms with E-state index in [2.05, 4.69) is 33.3 Å². The Labute approximate surface area is 154 Å². The molecule has 2 saturated heterocycles. The van der Waals surface area contributed by atoms with E-state index in [0.29, 0.717) is 6.04 Å². The molecule has 1 atom stereocenters. The minimum atomic E-state index is -0.115. The number of benzene rings is 1. The van der Waals surface area contributed by atoms with E-state index in [0.717, 1.165) is 63.4 Å². The second-order valence-corrected chi connectivity index (χ2v) is 8.07. The molecule has 1 N–H and O–H groups in total. The smallest absolute Gasteiger partial charge is 0.227 e. The van der Waals surface area contributed by atoms with E-state index in [1.165, 1.54) is 5.69 Å². The molecule has 0 radical (unpaired) electrons. The molecule has 0 saturated carbocycles. The van der Waals surface area contributed by atoms with E-state index in [-0.39, 0.29) is 11.3 Å². The number of hydrogen-bond donors (Lipinski definition) is 1. The summed E-state index contributed by atoms with van der Waals surface area (Å²) in [7, 11) is 0. The van der Waals surface area contributed by atoms with Crippen molar-refractivity contribution in [1.82, 2.24) is 10.2 Å². The van der Waals surface area contributed by atoms with Crippen LogP contribution < -0.4 is 10.2 Å². The van der Waals surface area contributed by atoms with Crippen molar-refractivity contribution in [3.63, 3.8) is 0 Å². The molecule has 0 bridgehead atoms. The van der Waals surface area contributed by atoms with Crippen LogP contribution in [0.15, 0.2) is 36.4 Å². The first-order chi connectivity index (χ1) is 12.1. The molecule has 1 aliphatic carbocycles. The molecule has 2 heterocycles. The van der Waals surface area contributed by atoms with Crippen LogP contribution in [-0.4, -0.2) is 49.6 Å². The largest absolute Gasteiger partial charge is 0.369 e. The zero-order chi connectivity index (χ0) is 17.3. The molecule has 1 aromatic rings. The minimum Gasteiger partial charge on any atom is -0.369 e. The summed E-state index contributed by atoms with van der Waals surface area (Å²) in [6.07, 6.45) is 8.24. The number of anilines is 1. The molecule has 1 spiro atoms. The number of allylic oxidation sites excluding steroid dienone is 2. The van der Waals surface area contributed by atoms with Crippen LogP contribution in [0.3, 0.4) is 0 Å². The Morgan fingerprint density at radius 3 is 2.64 bits per heavy atom. The van der Waals surface area contributed by atoms with Gasteiger partial charge in [-0.2, -0.15) is 0 Å². The zero-order valence-electron chi connectivity index (χ0n) is 14.6. The average molecular weight is 360 g/mol. The quantitative estimate of drug-likeness (QED) is 0.839. The summed E-state index contributed by atoms with van der Waals surface area (Å²) >= 11 is 6.10. The molecule has 134 valence electrons. The van der Waals surface area contributed by atoms with Gasteiger partial charge >= 0.3 is 0 Å². The van der Waals surface area contributed by atoms with E-state index in [4.69, 9.17) is 11.6 Å². The third-order valence-electron chi connectivity index (χ3n) is 5.98. The number of amides is 1. The van der Waals surface area contributed by atoms with E-state index >= 15 is 0 Å². The van der Waals surface area contributed by atoms with E-state index in [1.807, 2.05) is 18.2 Å². The molecule has 4 rings (SSSR count). The standard InChI is InChI=1S/C20H26ClN3O/c21-16-4-3-5-18(14-16)24-12-10-23(11-13-24)9-6-17-15-20(19(25)22-17)7-1-2-8-20/h1-5,14,17H,6-13,15H2,(H,22,25)/t17-/m1/s1. The van der Waals surface area contributed by atoms with Crippen LogP contribution in [0.2, 0.25) is 5.02 Å². The van der Waals surface area contributed by atoms with Crippen molar-refractivity contribution in [3.05, 3.63) is 41.4 Å². The molecule has 3 aliphatic rings. The lowest BCUT2D eigenvalue weighted by atomic mass is 9.82. The first kappa shape index (κ1) is 16.9. The molecule has 2 aliphatic heterocycles. The predicted octanol–water partition coefficient (Wildman–Crippen LogP) is 3.08. The Morgan fingerprint density at radius 1 is 1.16 bits per heavy atom. The lowest BCUT2D eigenvalue weighted by Gasteiger charge is -2.36. The van der Waals surface area contributed by atoms with Gasteiger partial charge in [0.05, 0.1) is 5.41 Å². The van der Waals surface area contributed by atoms with E-state index in [9.17, 15) is 4.79 Å². The summed E-state index contributed by atoms with van der Waals surface area (Å²) < 4.78 is 0. The van der Waals surface area contributed by atoms with Crippen molar-refractivity contribution in [2.45, 2.75) is 31.7 Å². The number of piperazine rings is 1. The monoisotopic (exact) mass is 359 g/mol. The molecule has 4 nitrogen and oxygen atoms in total. The molecule has 2 fully saturated rings. The number of nitrogens with zero attached hydrogens (tertiary/aromatic N) is 2. The molecule has 1 aromatic carbocycles. The molecular weight excluding hydrogens is 334 g/mol. The van der Waals surface area contributed by atoms with Crippen LogP contribution in [0, 0.1) is 5.41 Å². The summed E-state index contributed by atoms with van der Waals surface area (Å²) in [6.45, 7) is 5.27.